The Morgan fingerprint density at radius 1 is 1.29 bits per heavy atom. The van der Waals surface area contributed by atoms with E-state index in [1.54, 1.807) is 23.1 Å². The Balaban J connectivity index is 1.84. The summed E-state index contributed by atoms with van der Waals surface area (Å²) in [6.45, 7) is 0.826. The summed E-state index contributed by atoms with van der Waals surface area (Å²) in [7, 11) is -2.40. The van der Waals surface area contributed by atoms with E-state index in [-0.39, 0.29) is 10.6 Å². The van der Waals surface area contributed by atoms with E-state index in [1.165, 1.54) is 28.4 Å². The third-order valence-electron chi connectivity index (χ3n) is 3.90. The molecule has 0 bridgehead atoms. The van der Waals surface area contributed by atoms with E-state index in [0.29, 0.717) is 24.1 Å². The Bertz CT molecular complexity index is 793. The van der Waals surface area contributed by atoms with E-state index in [1.807, 2.05) is 11.4 Å². The number of sulfonamides is 1. The minimum Gasteiger partial charge on any atom is -0.495 e. The van der Waals surface area contributed by atoms with Crippen molar-refractivity contribution in [2.24, 2.45) is 0 Å². The van der Waals surface area contributed by atoms with Crippen LogP contribution in [-0.2, 0) is 10.0 Å². The zero-order valence-corrected chi connectivity index (χ0v) is 15.6. The summed E-state index contributed by atoms with van der Waals surface area (Å²) in [5, 5.41) is 2.34. The molecule has 2 aromatic rings. The molecule has 1 aliphatic rings. The van der Waals surface area contributed by atoms with Crippen LogP contribution in [0, 0.1) is 5.82 Å². The standard InChI is InChI=1S/C16H18FNO3S3/c1-21-13-5-4-12(17)11-16(13)24(19,20)18-7-6-15(23-10-8-18)14-3-2-9-22-14/h2-5,9,11,15H,6-8,10H2,1H3. The van der Waals surface area contributed by atoms with Crippen molar-refractivity contribution in [2.75, 3.05) is 26.0 Å². The SMILES string of the molecule is COc1ccc(F)cc1S(=O)(=O)N1CCSC(c2cccs2)CC1. The first-order chi connectivity index (χ1) is 11.5. The average molecular weight is 388 g/mol. The van der Waals surface area contributed by atoms with E-state index >= 15 is 0 Å². The molecule has 0 amide bonds. The highest BCUT2D eigenvalue weighted by Gasteiger charge is 2.31. The van der Waals surface area contributed by atoms with Gasteiger partial charge in [-0.1, -0.05) is 6.07 Å². The predicted octanol–water partition coefficient (Wildman–Crippen LogP) is 3.76. The van der Waals surface area contributed by atoms with Crippen LogP contribution >= 0.6 is 23.1 Å². The molecule has 0 N–H and O–H groups in total. The highest BCUT2D eigenvalue weighted by atomic mass is 32.2. The molecule has 2 heterocycles. The van der Waals surface area contributed by atoms with E-state index in [9.17, 15) is 12.8 Å². The van der Waals surface area contributed by atoms with Gasteiger partial charge in [0.25, 0.3) is 0 Å². The molecule has 1 aliphatic heterocycles. The summed E-state index contributed by atoms with van der Waals surface area (Å²) >= 11 is 3.46. The number of halogens is 1. The lowest BCUT2D eigenvalue weighted by atomic mass is 10.2. The molecule has 0 saturated carbocycles. The van der Waals surface area contributed by atoms with Crippen molar-refractivity contribution in [2.45, 2.75) is 16.6 Å². The molecule has 1 unspecified atom stereocenters. The smallest absolute Gasteiger partial charge is 0.246 e. The Kier molecular flexibility index (Phi) is 5.49. The predicted molar refractivity (Wildman–Crippen MR) is 95.8 cm³/mol. The van der Waals surface area contributed by atoms with Gasteiger partial charge >= 0.3 is 0 Å². The Morgan fingerprint density at radius 2 is 2.12 bits per heavy atom. The van der Waals surface area contributed by atoms with Crippen LogP contribution in [0.4, 0.5) is 4.39 Å². The van der Waals surface area contributed by atoms with E-state index in [0.717, 1.165) is 12.5 Å². The molecular formula is C16H18FNO3S3. The molecule has 0 spiro atoms. The van der Waals surface area contributed by atoms with Gasteiger partial charge in [-0.05, 0) is 36.1 Å². The van der Waals surface area contributed by atoms with Gasteiger partial charge in [0, 0.05) is 29.0 Å². The maximum atomic E-state index is 13.6. The second-order valence-electron chi connectivity index (χ2n) is 5.36. The summed E-state index contributed by atoms with van der Waals surface area (Å²) in [5.41, 5.74) is 0. The van der Waals surface area contributed by atoms with Gasteiger partial charge in [0.05, 0.1) is 7.11 Å². The fraction of sp³-hybridized carbons (Fsp3) is 0.375. The van der Waals surface area contributed by atoms with E-state index in [4.69, 9.17) is 4.74 Å². The van der Waals surface area contributed by atoms with Crippen molar-refractivity contribution in [3.63, 3.8) is 0 Å². The van der Waals surface area contributed by atoms with Crippen LogP contribution in [0.25, 0.3) is 0 Å². The fourth-order valence-corrected chi connectivity index (χ4v) is 6.66. The second-order valence-corrected chi connectivity index (χ2v) is 9.56. The molecule has 1 fully saturated rings. The molecule has 8 heteroatoms. The number of ether oxygens (including phenoxy) is 1. The number of thioether (sulfide) groups is 1. The van der Waals surface area contributed by atoms with Crippen molar-refractivity contribution >= 4 is 33.1 Å². The minimum absolute atomic E-state index is 0.107. The van der Waals surface area contributed by atoms with Crippen molar-refractivity contribution in [3.05, 3.63) is 46.4 Å². The molecular weight excluding hydrogens is 369 g/mol. The highest BCUT2D eigenvalue weighted by Crippen LogP contribution is 2.38. The van der Waals surface area contributed by atoms with E-state index in [2.05, 4.69) is 6.07 Å². The second kappa shape index (κ2) is 7.43. The zero-order valence-electron chi connectivity index (χ0n) is 13.1. The van der Waals surface area contributed by atoms with Crippen LogP contribution in [0.3, 0.4) is 0 Å². The van der Waals surface area contributed by atoms with Crippen LogP contribution in [-0.4, -0.2) is 38.7 Å². The number of hydrogen-bond donors (Lipinski definition) is 0. The number of rotatable bonds is 4. The van der Waals surface area contributed by atoms with Gasteiger partial charge in [0.2, 0.25) is 10.0 Å². The number of hydrogen-bond acceptors (Lipinski definition) is 5. The zero-order chi connectivity index (χ0) is 17.2. The topological polar surface area (TPSA) is 46.6 Å². The lowest BCUT2D eigenvalue weighted by Gasteiger charge is -2.21. The van der Waals surface area contributed by atoms with Crippen LogP contribution in [0.15, 0.2) is 40.6 Å². The normalized spacial score (nSPS) is 19.8. The first-order valence-electron chi connectivity index (χ1n) is 7.51. The summed E-state index contributed by atoms with van der Waals surface area (Å²) in [6, 6.07) is 7.68. The first-order valence-corrected chi connectivity index (χ1v) is 10.9. The largest absolute Gasteiger partial charge is 0.495 e. The lowest BCUT2D eigenvalue weighted by molar-refractivity contribution is 0.391. The fourth-order valence-electron chi connectivity index (χ4n) is 2.68. The quantitative estimate of drug-likeness (QED) is 0.801. The number of benzene rings is 1. The summed E-state index contributed by atoms with van der Waals surface area (Å²) in [4.78, 5) is 1.16. The Labute approximate surface area is 149 Å². The van der Waals surface area contributed by atoms with Crippen LogP contribution in [0.1, 0.15) is 16.5 Å². The van der Waals surface area contributed by atoms with Crippen LogP contribution in [0.2, 0.25) is 0 Å². The molecule has 4 nitrogen and oxygen atoms in total. The number of nitrogens with zero attached hydrogens (tertiary/aromatic N) is 1. The van der Waals surface area contributed by atoms with E-state index < -0.39 is 15.8 Å². The number of methoxy groups -OCH3 is 1. The van der Waals surface area contributed by atoms with Crippen molar-refractivity contribution < 1.29 is 17.5 Å². The molecule has 0 radical (unpaired) electrons. The first kappa shape index (κ1) is 17.7. The summed E-state index contributed by atoms with van der Waals surface area (Å²) in [6.07, 6.45) is 0.738. The number of thiophene rings is 1. The van der Waals surface area contributed by atoms with Gasteiger partial charge in [0.15, 0.2) is 0 Å². The average Bonchev–Trinajstić information content (AvgIpc) is 2.98. The molecule has 24 heavy (non-hydrogen) atoms. The van der Waals surface area contributed by atoms with Crippen molar-refractivity contribution in [3.8, 4) is 5.75 Å². The van der Waals surface area contributed by atoms with Gasteiger partial charge in [-0.3, -0.25) is 0 Å². The maximum Gasteiger partial charge on any atom is 0.246 e. The maximum absolute atomic E-state index is 13.6. The van der Waals surface area contributed by atoms with Gasteiger partial charge in [-0.2, -0.15) is 16.1 Å². The minimum atomic E-state index is -3.78. The van der Waals surface area contributed by atoms with Gasteiger partial charge in [-0.15, -0.1) is 11.3 Å². The highest BCUT2D eigenvalue weighted by molar-refractivity contribution is 7.99. The van der Waals surface area contributed by atoms with Crippen molar-refractivity contribution in [1.82, 2.24) is 4.31 Å². The Morgan fingerprint density at radius 3 is 2.83 bits per heavy atom. The van der Waals surface area contributed by atoms with Gasteiger partial charge in [0.1, 0.15) is 16.5 Å². The molecule has 1 aromatic carbocycles. The third kappa shape index (κ3) is 3.61. The monoisotopic (exact) mass is 387 g/mol. The van der Waals surface area contributed by atoms with Crippen LogP contribution in [0.5, 0.6) is 5.75 Å². The summed E-state index contributed by atoms with van der Waals surface area (Å²) < 4.78 is 46.0. The Hall–Kier alpha value is -1.09. The summed E-state index contributed by atoms with van der Waals surface area (Å²) in [5.74, 6) is 0.289. The van der Waals surface area contributed by atoms with Gasteiger partial charge in [-0.25, -0.2) is 12.8 Å². The van der Waals surface area contributed by atoms with Crippen LogP contribution < -0.4 is 4.74 Å². The van der Waals surface area contributed by atoms with Crippen molar-refractivity contribution in [1.29, 1.82) is 0 Å². The van der Waals surface area contributed by atoms with Gasteiger partial charge < -0.3 is 4.74 Å². The molecule has 0 aliphatic carbocycles. The molecule has 3 rings (SSSR count). The third-order valence-corrected chi connectivity index (χ3v) is 8.27. The molecule has 1 aromatic heterocycles. The lowest BCUT2D eigenvalue weighted by Crippen LogP contribution is -2.33. The molecule has 130 valence electrons. The molecule has 1 atom stereocenters. The molecule has 1 saturated heterocycles.